The topological polar surface area (TPSA) is 80.4 Å². The summed E-state index contributed by atoms with van der Waals surface area (Å²) < 4.78 is 34.2. The van der Waals surface area contributed by atoms with E-state index in [9.17, 15) is 8.42 Å². The quantitative estimate of drug-likeness (QED) is 0.781. The van der Waals surface area contributed by atoms with Crippen molar-refractivity contribution in [3.05, 3.63) is 30.2 Å². The molecule has 5 heterocycles. The van der Waals surface area contributed by atoms with E-state index in [1.807, 2.05) is 30.8 Å². The molecule has 0 spiro atoms. The number of fused-ring (bicyclic) bond motifs is 3. The maximum atomic E-state index is 12.0. The summed E-state index contributed by atoms with van der Waals surface area (Å²) in [5.74, 6) is 2.00. The molecule has 3 aliphatic heterocycles. The maximum absolute atomic E-state index is 12.0. The molecule has 3 fully saturated rings. The summed E-state index contributed by atoms with van der Waals surface area (Å²) in [6, 6.07) is 6.25. The Hall–Kier alpha value is -1.64. The number of rotatable bonds is 7. The van der Waals surface area contributed by atoms with Crippen LogP contribution in [0.4, 0.5) is 0 Å². The number of furan rings is 1. The Kier molecular flexibility index (Phi) is 5.13. The molecule has 27 heavy (non-hydrogen) atoms. The van der Waals surface area contributed by atoms with E-state index in [2.05, 4.69) is 20.8 Å². The van der Waals surface area contributed by atoms with Gasteiger partial charge in [0.25, 0.3) is 0 Å². The molecule has 5 rings (SSSR count). The molecule has 148 valence electrons. The second kappa shape index (κ2) is 7.41. The Morgan fingerprint density at radius 3 is 2.93 bits per heavy atom. The smallest absolute Gasteiger partial charge is 0.211 e. The summed E-state index contributed by atoms with van der Waals surface area (Å²) in [7, 11) is -1.15. The molecular formula is C19H28N4O3S. The SMILES string of the molecule is CCCS(=O)(=O)NC[C@H]1C[C@@H]2CCN1C[C@@H]2c1cc(-c2ccco2)nn1C. The second-order valence-electron chi connectivity index (χ2n) is 7.76. The molecule has 2 bridgehead atoms. The van der Waals surface area contributed by atoms with E-state index in [4.69, 9.17) is 4.42 Å². The predicted molar refractivity (Wildman–Crippen MR) is 104 cm³/mol. The average Bonchev–Trinajstić information content (AvgIpc) is 3.30. The molecule has 2 aromatic rings. The van der Waals surface area contributed by atoms with Gasteiger partial charge in [-0.1, -0.05) is 6.92 Å². The van der Waals surface area contributed by atoms with Gasteiger partial charge in [0, 0.05) is 37.8 Å². The van der Waals surface area contributed by atoms with Gasteiger partial charge in [0.1, 0.15) is 5.69 Å². The van der Waals surface area contributed by atoms with Crippen LogP contribution in [0.2, 0.25) is 0 Å². The van der Waals surface area contributed by atoms with Crippen LogP contribution >= 0.6 is 0 Å². The van der Waals surface area contributed by atoms with E-state index in [0.29, 0.717) is 30.8 Å². The van der Waals surface area contributed by atoms with Crippen LogP contribution < -0.4 is 4.72 Å². The zero-order valence-corrected chi connectivity index (χ0v) is 16.8. The summed E-state index contributed by atoms with van der Waals surface area (Å²) >= 11 is 0. The zero-order valence-electron chi connectivity index (χ0n) is 16.0. The largest absolute Gasteiger partial charge is 0.463 e. The summed E-state index contributed by atoms with van der Waals surface area (Å²) in [5, 5.41) is 4.63. The van der Waals surface area contributed by atoms with Gasteiger partial charge in [0.2, 0.25) is 10.0 Å². The lowest BCUT2D eigenvalue weighted by Crippen LogP contribution is -2.56. The highest BCUT2D eigenvalue weighted by atomic mass is 32.2. The fourth-order valence-corrected chi connectivity index (χ4v) is 5.75. The van der Waals surface area contributed by atoms with Gasteiger partial charge in [-0.25, -0.2) is 13.1 Å². The number of piperidine rings is 3. The van der Waals surface area contributed by atoms with Crippen LogP contribution in [0, 0.1) is 5.92 Å². The lowest BCUT2D eigenvalue weighted by atomic mass is 9.74. The molecule has 7 nitrogen and oxygen atoms in total. The van der Waals surface area contributed by atoms with Crippen molar-refractivity contribution >= 4 is 10.0 Å². The third kappa shape index (κ3) is 3.83. The molecule has 4 atom stereocenters. The third-order valence-corrected chi connectivity index (χ3v) is 7.51. The first-order valence-corrected chi connectivity index (χ1v) is 11.4. The van der Waals surface area contributed by atoms with E-state index in [0.717, 1.165) is 37.4 Å². The molecule has 3 aliphatic rings. The van der Waals surface area contributed by atoms with Gasteiger partial charge in [-0.05, 0) is 49.9 Å². The Balaban J connectivity index is 1.45. The van der Waals surface area contributed by atoms with E-state index >= 15 is 0 Å². The van der Waals surface area contributed by atoms with Gasteiger partial charge < -0.3 is 4.42 Å². The number of nitrogens with one attached hydrogen (secondary N) is 1. The number of sulfonamides is 1. The van der Waals surface area contributed by atoms with Crippen molar-refractivity contribution in [2.24, 2.45) is 13.0 Å². The fraction of sp³-hybridized carbons (Fsp3) is 0.632. The molecule has 0 aliphatic carbocycles. The Morgan fingerprint density at radius 1 is 1.41 bits per heavy atom. The van der Waals surface area contributed by atoms with Crippen LogP contribution in [0.15, 0.2) is 28.9 Å². The first-order chi connectivity index (χ1) is 13.0. The Morgan fingerprint density at radius 2 is 2.26 bits per heavy atom. The molecule has 2 aromatic heterocycles. The van der Waals surface area contributed by atoms with Gasteiger partial charge in [-0.3, -0.25) is 9.58 Å². The standard InChI is InChI=1S/C19H28N4O3S/c1-3-9-27(24,25)20-12-15-10-14-6-7-23(15)13-16(14)18-11-17(21-22(18)2)19-5-4-8-26-19/h4-5,8,11,14-16,20H,3,6-7,9-10,12-13H2,1-2H3/t14-,15+,16-/m0/s1. The van der Waals surface area contributed by atoms with Gasteiger partial charge in [0.15, 0.2) is 5.76 Å². The highest BCUT2D eigenvalue weighted by Gasteiger charge is 2.42. The minimum Gasteiger partial charge on any atom is -0.463 e. The first kappa shape index (κ1) is 18.7. The van der Waals surface area contributed by atoms with Crippen molar-refractivity contribution in [3.63, 3.8) is 0 Å². The zero-order chi connectivity index (χ0) is 19.0. The molecule has 1 unspecified atom stereocenters. The van der Waals surface area contributed by atoms with E-state index in [1.54, 1.807) is 6.26 Å². The number of hydrogen-bond donors (Lipinski definition) is 1. The van der Waals surface area contributed by atoms with Crippen LogP contribution in [0.1, 0.15) is 37.8 Å². The fourth-order valence-electron chi connectivity index (χ4n) is 4.62. The van der Waals surface area contributed by atoms with Crippen LogP contribution in [0.25, 0.3) is 11.5 Å². The third-order valence-electron chi connectivity index (χ3n) is 5.96. The van der Waals surface area contributed by atoms with E-state index in [-0.39, 0.29) is 5.75 Å². The van der Waals surface area contributed by atoms with Gasteiger partial charge in [-0.15, -0.1) is 0 Å². The number of hydrogen-bond acceptors (Lipinski definition) is 5. The van der Waals surface area contributed by atoms with Crippen LogP contribution in [0.5, 0.6) is 0 Å². The number of nitrogens with zero attached hydrogens (tertiary/aromatic N) is 3. The normalized spacial score (nSPS) is 27.9. The van der Waals surface area contributed by atoms with Crippen molar-refractivity contribution < 1.29 is 12.8 Å². The molecule has 0 radical (unpaired) electrons. The van der Waals surface area contributed by atoms with E-state index in [1.165, 1.54) is 5.69 Å². The van der Waals surface area contributed by atoms with E-state index < -0.39 is 10.0 Å². The second-order valence-corrected chi connectivity index (χ2v) is 9.69. The van der Waals surface area contributed by atoms with Crippen molar-refractivity contribution in [1.29, 1.82) is 0 Å². The lowest BCUT2D eigenvalue weighted by Gasteiger charge is -2.49. The first-order valence-electron chi connectivity index (χ1n) is 9.76. The molecule has 1 N–H and O–H groups in total. The highest BCUT2D eigenvalue weighted by molar-refractivity contribution is 7.89. The Bertz CT molecular complexity index is 875. The molecule has 8 heteroatoms. The average molecular weight is 393 g/mol. The molecular weight excluding hydrogens is 364 g/mol. The predicted octanol–water partition coefficient (Wildman–Crippen LogP) is 2.19. The van der Waals surface area contributed by atoms with Gasteiger partial charge >= 0.3 is 0 Å². The number of aromatic nitrogens is 2. The minimum absolute atomic E-state index is 0.205. The Labute approximate surface area is 160 Å². The highest BCUT2D eigenvalue weighted by Crippen LogP contribution is 2.42. The van der Waals surface area contributed by atoms with Gasteiger partial charge in [-0.2, -0.15) is 5.10 Å². The van der Waals surface area contributed by atoms with Gasteiger partial charge in [0.05, 0.1) is 12.0 Å². The number of aryl methyl sites for hydroxylation is 1. The minimum atomic E-state index is -3.14. The summed E-state index contributed by atoms with van der Waals surface area (Å²) in [6.07, 6.45) is 4.50. The summed E-state index contributed by atoms with van der Waals surface area (Å²) in [4.78, 5) is 2.44. The van der Waals surface area contributed by atoms with Crippen molar-refractivity contribution in [1.82, 2.24) is 19.4 Å². The van der Waals surface area contributed by atoms with Crippen molar-refractivity contribution in [3.8, 4) is 11.5 Å². The van der Waals surface area contributed by atoms with Crippen LogP contribution in [-0.4, -0.2) is 54.5 Å². The van der Waals surface area contributed by atoms with Crippen LogP contribution in [0.3, 0.4) is 0 Å². The maximum Gasteiger partial charge on any atom is 0.211 e. The molecule has 0 amide bonds. The van der Waals surface area contributed by atoms with Crippen molar-refractivity contribution in [2.45, 2.75) is 38.1 Å². The lowest BCUT2D eigenvalue weighted by molar-refractivity contribution is 0.0306. The molecule has 0 aromatic carbocycles. The monoisotopic (exact) mass is 392 g/mol. The summed E-state index contributed by atoms with van der Waals surface area (Å²) in [5.41, 5.74) is 2.11. The van der Waals surface area contributed by atoms with Crippen molar-refractivity contribution in [2.75, 3.05) is 25.4 Å². The molecule has 0 saturated carbocycles. The summed E-state index contributed by atoms with van der Waals surface area (Å²) in [6.45, 7) is 4.42. The van der Waals surface area contributed by atoms with Crippen LogP contribution in [-0.2, 0) is 17.1 Å². The molecule has 3 saturated heterocycles.